The van der Waals surface area contributed by atoms with Crippen molar-refractivity contribution in [3.8, 4) is 0 Å². The Morgan fingerprint density at radius 3 is 2.58 bits per heavy atom. The lowest BCUT2D eigenvalue weighted by Gasteiger charge is -2.14. The van der Waals surface area contributed by atoms with Crippen LogP contribution in [-0.4, -0.2) is 39.3 Å². The van der Waals surface area contributed by atoms with Crippen molar-refractivity contribution in [1.29, 1.82) is 0 Å². The van der Waals surface area contributed by atoms with E-state index in [1.165, 1.54) is 0 Å². The van der Waals surface area contributed by atoms with Crippen LogP contribution in [0, 0.1) is 0 Å². The van der Waals surface area contributed by atoms with Crippen molar-refractivity contribution in [2.24, 2.45) is 4.99 Å². The van der Waals surface area contributed by atoms with Crippen LogP contribution in [0.2, 0.25) is 5.02 Å². The Bertz CT molecular complexity index is 1130. The molecular weight excluding hydrogens is 466 g/mol. The second-order valence-corrected chi connectivity index (χ2v) is 9.73. The number of unbranched alkanes of at least 4 members (excludes halogenated alkanes) is 2. The maximum absolute atomic E-state index is 12.0. The number of amides is 1. The predicted molar refractivity (Wildman–Crippen MR) is 126 cm³/mol. The average molecular weight is 492 g/mol. The van der Waals surface area contributed by atoms with Gasteiger partial charge in [0.15, 0.2) is 6.61 Å². The van der Waals surface area contributed by atoms with E-state index >= 15 is 0 Å². The number of ether oxygens (including phenoxy) is 1. The normalized spacial score (nSPS) is 16.0. The summed E-state index contributed by atoms with van der Waals surface area (Å²) in [6.45, 7) is 1.94. The summed E-state index contributed by atoms with van der Waals surface area (Å²) in [6, 6.07) is 13.6. The zero-order valence-corrected chi connectivity index (χ0v) is 19.8. The molecule has 1 aliphatic rings. The Morgan fingerprint density at radius 2 is 1.82 bits per heavy atom. The van der Waals surface area contributed by atoms with E-state index in [-0.39, 0.29) is 29.9 Å². The molecule has 1 heterocycles. The van der Waals surface area contributed by atoms with Crippen molar-refractivity contribution >= 4 is 39.3 Å². The Balaban J connectivity index is 1.31. The molecule has 2 N–H and O–H groups in total. The lowest BCUT2D eigenvalue weighted by molar-refractivity contribution is -0.148. The molecule has 0 aliphatic carbocycles. The first-order valence-electron chi connectivity index (χ1n) is 10.6. The summed E-state index contributed by atoms with van der Waals surface area (Å²) in [5, 5.41) is 3.39. The van der Waals surface area contributed by atoms with Gasteiger partial charge >= 0.3 is 5.97 Å². The summed E-state index contributed by atoms with van der Waals surface area (Å²) >= 11 is 5.86. The molecule has 10 heteroatoms. The van der Waals surface area contributed by atoms with Crippen LogP contribution in [0.1, 0.15) is 49.8 Å². The number of amidine groups is 1. The van der Waals surface area contributed by atoms with Gasteiger partial charge in [-0.15, -0.1) is 0 Å². The third kappa shape index (κ3) is 7.03. The molecule has 0 bridgehead atoms. The highest BCUT2D eigenvalue weighted by atomic mass is 35.5. The molecule has 33 heavy (non-hydrogen) atoms. The van der Waals surface area contributed by atoms with Crippen LogP contribution in [0.3, 0.4) is 0 Å². The fourth-order valence-electron chi connectivity index (χ4n) is 3.34. The van der Waals surface area contributed by atoms with Gasteiger partial charge in [0.2, 0.25) is 0 Å². The van der Waals surface area contributed by atoms with E-state index in [2.05, 4.69) is 15.0 Å². The van der Waals surface area contributed by atoms with Crippen LogP contribution in [0.25, 0.3) is 0 Å². The number of carbonyl (C=O) groups is 2. The first kappa shape index (κ1) is 24.7. The molecule has 0 radical (unpaired) electrons. The molecule has 1 atom stereocenters. The number of rotatable bonds is 10. The quantitative estimate of drug-likeness (QED) is 0.390. The number of fused-ring (bicyclic) bond motifs is 1. The molecule has 1 amide bonds. The first-order chi connectivity index (χ1) is 15.8. The molecule has 0 fully saturated rings. The second-order valence-electron chi connectivity index (χ2n) is 7.64. The minimum Gasteiger partial charge on any atom is -0.456 e. The van der Waals surface area contributed by atoms with E-state index in [0.717, 1.165) is 12.0 Å². The number of halogens is 1. The summed E-state index contributed by atoms with van der Waals surface area (Å²) in [5.41, 5.74) is 1.47. The largest absolute Gasteiger partial charge is 0.456 e. The van der Waals surface area contributed by atoms with Gasteiger partial charge in [0.25, 0.3) is 15.9 Å². The van der Waals surface area contributed by atoms with E-state index in [4.69, 9.17) is 16.3 Å². The van der Waals surface area contributed by atoms with E-state index in [0.29, 0.717) is 35.8 Å². The van der Waals surface area contributed by atoms with Gasteiger partial charge in [-0.2, -0.15) is 0 Å². The lowest BCUT2D eigenvalue weighted by Crippen LogP contribution is -2.31. The Hall–Kier alpha value is -2.91. The molecule has 8 nitrogen and oxygen atoms in total. The molecule has 1 aliphatic heterocycles. The van der Waals surface area contributed by atoms with Crippen molar-refractivity contribution < 1.29 is 22.7 Å². The van der Waals surface area contributed by atoms with Gasteiger partial charge < -0.3 is 10.1 Å². The number of benzene rings is 2. The number of hydrogen-bond donors (Lipinski definition) is 2. The number of aliphatic imine (C=N–C) groups is 1. The van der Waals surface area contributed by atoms with E-state index in [1.54, 1.807) is 36.4 Å². The summed E-state index contributed by atoms with van der Waals surface area (Å²) in [5.74, 6) is -0.460. The number of carbonyl (C=O) groups excluding carboxylic acids is 2. The molecule has 0 spiro atoms. The van der Waals surface area contributed by atoms with Gasteiger partial charge in [-0.3, -0.25) is 19.3 Å². The maximum atomic E-state index is 12.0. The molecule has 176 valence electrons. The van der Waals surface area contributed by atoms with Gasteiger partial charge in [0.05, 0.1) is 10.9 Å². The molecular formula is C23H26ClN3O5S. The number of nitrogens with one attached hydrogen (secondary N) is 2. The Morgan fingerprint density at radius 1 is 1.09 bits per heavy atom. The number of hydrogen-bond acceptors (Lipinski definition) is 6. The maximum Gasteiger partial charge on any atom is 0.306 e. The van der Waals surface area contributed by atoms with Crippen LogP contribution in [0.4, 0.5) is 0 Å². The molecule has 2 aromatic rings. The van der Waals surface area contributed by atoms with E-state index < -0.39 is 16.0 Å². The third-order valence-corrected chi connectivity index (χ3v) is 6.73. The molecule has 0 saturated heterocycles. The Kier molecular flexibility index (Phi) is 8.46. The zero-order chi connectivity index (χ0) is 23.8. The van der Waals surface area contributed by atoms with E-state index in [9.17, 15) is 18.0 Å². The number of esters is 1. The highest BCUT2D eigenvalue weighted by molar-refractivity contribution is 7.90. The van der Waals surface area contributed by atoms with Crippen LogP contribution in [0.5, 0.6) is 0 Å². The van der Waals surface area contributed by atoms with Crippen molar-refractivity contribution in [2.45, 2.75) is 43.5 Å². The predicted octanol–water partition coefficient (Wildman–Crippen LogP) is 3.36. The van der Waals surface area contributed by atoms with Crippen molar-refractivity contribution in [3.05, 3.63) is 64.7 Å². The number of nitrogens with zero attached hydrogens (tertiary/aromatic N) is 1. The monoisotopic (exact) mass is 491 g/mol. The fourth-order valence-corrected chi connectivity index (χ4v) is 4.71. The zero-order valence-electron chi connectivity index (χ0n) is 18.2. The topological polar surface area (TPSA) is 114 Å². The molecule has 1 unspecified atom stereocenters. The summed E-state index contributed by atoms with van der Waals surface area (Å²) < 4.78 is 31.6. The van der Waals surface area contributed by atoms with Crippen LogP contribution >= 0.6 is 11.6 Å². The second kappa shape index (κ2) is 11.3. The minimum atomic E-state index is -3.53. The highest BCUT2D eigenvalue weighted by Crippen LogP contribution is 2.22. The Labute approximate surface area is 198 Å². The van der Waals surface area contributed by atoms with Crippen molar-refractivity contribution in [3.63, 3.8) is 0 Å². The first-order valence-corrected chi connectivity index (χ1v) is 12.5. The fraction of sp³-hybridized carbons (Fsp3) is 0.348. The molecule has 3 rings (SSSR count). The SMILES string of the molecule is CC(NC(=O)COC(=O)CCCCCN=C1NS(=O)(=O)c2ccccc21)c1ccc(Cl)cc1. The summed E-state index contributed by atoms with van der Waals surface area (Å²) in [7, 11) is -3.53. The highest BCUT2D eigenvalue weighted by Gasteiger charge is 2.29. The van der Waals surface area contributed by atoms with E-state index in [1.807, 2.05) is 19.1 Å². The van der Waals surface area contributed by atoms with Gasteiger partial charge in [-0.05, 0) is 49.6 Å². The minimum absolute atomic E-state index is 0.200. The standard InChI is InChI=1S/C23H26ClN3O5S/c1-16(17-10-12-18(24)13-11-17)26-21(28)15-32-22(29)9-3-2-6-14-25-23-19-7-4-5-8-20(19)33(30,31)27-23/h4-5,7-8,10-13,16H,2-3,6,9,14-15H2,1H3,(H,25,27)(H,26,28). The smallest absolute Gasteiger partial charge is 0.306 e. The van der Waals surface area contributed by atoms with Crippen molar-refractivity contribution in [2.75, 3.05) is 13.2 Å². The van der Waals surface area contributed by atoms with Gasteiger partial charge in [-0.25, -0.2) is 8.42 Å². The molecule has 2 aromatic carbocycles. The average Bonchev–Trinajstić information content (AvgIpc) is 3.05. The molecule has 0 saturated carbocycles. The molecule has 0 aromatic heterocycles. The van der Waals surface area contributed by atoms with Crippen LogP contribution in [-0.2, 0) is 24.3 Å². The van der Waals surface area contributed by atoms with Crippen molar-refractivity contribution in [1.82, 2.24) is 10.0 Å². The number of sulfonamides is 1. The van der Waals surface area contributed by atoms with Gasteiger partial charge in [0.1, 0.15) is 5.84 Å². The van der Waals surface area contributed by atoms with Gasteiger partial charge in [-0.1, -0.05) is 42.3 Å². The summed E-state index contributed by atoms with van der Waals surface area (Å²) in [4.78, 5) is 28.4. The van der Waals surface area contributed by atoms with Crippen LogP contribution < -0.4 is 10.0 Å². The van der Waals surface area contributed by atoms with Gasteiger partial charge in [0, 0.05) is 23.6 Å². The lowest BCUT2D eigenvalue weighted by atomic mass is 10.1. The summed E-state index contributed by atoms with van der Waals surface area (Å²) in [6.07, 6.45) is 2.21. The van der Waals surface area contributed by atoms with Crippen LogP contribution in [0.15, 0.2) is 58.4 Å². The third-order valence-electron chi connectivity index (χ3n) is 5.08.